The van der Waals surface area contributed by atoms with Crippen LogP contribution >= 0.6 is 0 Å². The average Bonchev–Trinajstić information content (AvgIpc) is 2.67. The highest BCUT2D eigenvalue weighted by Crippen LogP contribution is 2.26. The van der Waals surface area contributed by atoms with E-state index in [4.69, 9.17) is 0 Å². The third-order valence-corrected chi connectivity index (χ3v) is 5.20. The number of carbonyl (C=O) groups excluding carboxylic acids is 1. The molecule has 0 spiro atoms. The Morgan fingerprint density at radius 1 is 1.16 bits per heavy atom. The Morgan fingerprint density at radius 3 is 2.64 bits per heavy atom. The molecule has 1 saturated heterocycles. The molecule has 25 heavy (non-hydrogen) atoms. The molecule has 2 heterocycles. The molecule has 0 unspecified atom stereocenters. The summed E-state index contributed by atoms with van der Waals surface area (Å²) in [4.78, 5) is 17.0. The predicted octanol–water partition coefficient (Wildman–Crippen LogP) is 3.31. The molecule has 3 rings (SSSR count). The number of likely N-dealkylation sites (tertiary alicyclic amines) is 1. The predicted molar refractivity (Wildman–Crippen MR) is 106 cm³/mol. The largest absolute Gasteiger partial charge is 0.371 e. The Hall–Kier alpha value is -1.55. The van der Waals surface area contributed by atoms with Crippen LogP contribution in [0.4, 0.5) is 5.69 Å². The summed E-state index contributed by atoms with van der Waals surface area (Å²) in [7, 11) is 2.13. The molecule has 1 fully saturated rings. The third kappa shape index (κ3) is 5.74. The van der Waals surface area contributed by atoms with Crippen molar-refractivity contribution >= 4 is 11.6 Å². The molecule has 0 bridgehead atoms. The van der Waals surface area contributed by atoms with E-state index in [0.717, 1.165) is 52.0 Å². The van der Waals surface area contributed by atoms with Crippen LogP contribution in [-0.4, -0.2) is 50.6 Å². The number of hydrogen-bond donors (Lipinski definition) is 1. The van der Waals surface area contributed by atoms with Gasteiger partial charge in [-0.3, -0.25) is 4.79 Å². The summed E-state index contributed by atoms with van der Waals surface area (Å²) in [6.45, 7) is 9.06. The van der Waals surface area contributed by atoms with Gasteiger partial charge in [0.1, 0.15) is 0 Å². The molecule has 1 amide bonds. The molecule has 4 nitrogen and oxygen atoms in total. The van der Waals surface area contributed by atoms with Crippen molar-refractivity contribution in [1.29, 1.82) is 0 Å². The van der Waals surface area contributed by atoms with Crippen LogP contribution < -0.4 is 10.2 Å². The molecule has 1 N–H and O–H groups in total. The Bertz CT molecular complexity index is 524. The molecular formula is C21H35N3O. The van der Waals surface area contributed by atoms with Gasteiger partial charge in [0.25, 0.3) is 0 Å². The highest BCUT2D eigenvalue weighted by molar-refractivity contribution is 5.78. The van der Waals surface area contributed by atoms with Crippen LogP contribution in [0.15, 0.2) is 24.3 Å². The van der Waals surface area contributed by atoms with Gasteiger partial charge in [-0.05, 0) is 63.9 Å². The van der Waals surface area contributed by atoms with Crippen molar-refractivity contribution in [3.8, 4) is 0 Å². The molecule has 140 valence electrons. The fourth-order valence-electron chi connectivity index (χ4n) is 3.74. The maximum absolute atomic E-state index is 12.2. The average molecular weight is 346 g/mol. The fourth-order valence-corrected chi connectivity index (χ4v) is 3.74. The maximum Gasteiger partial charge on any atom is 0.223 e. The molecule has 1 aromatic rings. The van der Waals surface area contributed by atoms with Gasteiger partial charge < -0.3 is 15.1 Å². The normalized spacial score (nSPS) is 18.1. The molecular weight excluding hydrogens is 310 g/mol. The second-order valence-electron chi connectivity index (χ2n) is 6.94. The van der Waals surface area contributed by atoms with Gasteiger partial charge in [0.05, 0.1) is 0 Å². The van der Waals surface area contributed by atoms with Crippen molar-refractivity contribution in [1.82, 2.24) is 10.2 Å². The van der Waals surface area contributed by atoms with Crippen molar-refractivity contribution in [2.24, 2.45) is 5.92 Å². The van der Waals surface area contributed by atoms with Gasteiger partial charge in [0.15, 0.2) is 0 Å². The Kier molecular flexibility index (Phi) is 8.26. The van der Waals surface area contributed by atoms with Crippen LogP contribution in [0, 0.1) is 5.92 Å². The number of aryl methyl sites for hydroxylation is 1. The fraction of sp³-hybridized carbons (Fsp3) is 0.667. The van der Waals surface area contributed by atoms with Gasteiger partial charge in [-0.2, -0.15) is 0 Å². The molecule has 0 atom stereocenters. The Labute approximate surface area is 153 Å². The molecule has 2 aliphatic rings. The molecule has 0 radical (unpaired) electrons. The number of nitrogens with zero attached hydrogens (tertiary/aromatic N) is 2. The van der Waals surface area contributed by atoms with Crippen LogP contribution in [0.5, 0.6) is 0 Å². The molecule has 1 aromatic carbocycles. The van der Waals surface area contributed by atoms with E-state index >= 15 is 0 Å². The van der Waals surface area contributed by atoms with Gasteiger partial charge in [-0.25, -0.2) is 0 Å². The van der Waals surface area contributed by atoms with Crippen molar-refractivity contribution in [2.45, 2.75) is 46.0 Å². The van der Waals surface area contributed by atoms with E-state index < -0.39 is 0 Å². The lowest BCUT2D eigenvalue weighted by molar-refractivity contribution is -0.126. The number of para-hydroxylation sites is 1. The zero-order valence-electron chi connectivity index (χ0n) is 16.3. The SMILES string of the molecule is CC.CN1CCC(C(=O)NCCCN2CCCc3ccccc32)CC1. The first-order valence-corrected chi connectivity index (χ1v) is 10.0. The second-order valence-corrected chi connectivity index (χ2v) is 6.94. The minimum Gasteiger partial charge on any atom is -0.371 e. The van der Waals surface area contributed by atoms with E-state index in [0.29, 0.717) is 0 Å². The summed E-state index contributed by atoms with van der Waals surface area (Å²) in [6.07, 6.45) is 5.45. The minimum atomic E-state index is 0.224. The molecule has 0 aliphatic carbocycles. The van der Waals surface area contributed by atoms with Crippen molar-refractivity contribution in [3.63, 3.8) is 0 Å². The number of rotatable bonds is 5. The zero-order chi connectivity index (χ0) is 18.1. The Balaban J connectivity index is 0.00000109. The van der Waals surface area contributed by atoms with Crippen LogP contribution in [0.3, 0.4) is 0 Å². The number of fused-ring (bicyclic) bond motifs is 1. The molecule has 2 aliphatic heterocycles. The number of piperidine rings is 1. The summed E-state index contributed by atoms with van der Waals surface area (Å²) in [6, 6.07) is 8.72. The third-order valence-electron chi connectivity index (χ3n) is 5.20. The van der Waals surface area contributed by atoms with Gasteiger partial charge in [-0.1, -0.05) is 32.0 Å². The first kappa shape index (κ1) is 19.8. The van der Waals surface area contributed by atoms with Crippen molar-refractivity contribution in [3.05, 3.63) is 29.8 Å². The number of benzene rings is 1. The van der Waals surface area contributed by atoms with Crippen LogP contribution in [0.25, 0.3) is 0 Å². The summed E-state index contributed by atoms with van der Waals surface area (Å²) in [5, 5.41) is 3.15. The van der Waals surface area contributed by atoms with E-state index in [1.54, 1.807) is 0 Å². The van der Waals surface area contributed by atoms with E-state index in [1.807, 2.05) is 13.8 Å². The van der Waals surface area contributed by atoms with Crippen LogP contribution in [0.2, 0.25) is 0 Å². The standard InChI is InChI=1S/C19H29N3O.C2H6/c1-21-14-9-17(10-15-21)19(23)20-11-5-13-22-12-4-7-16-6-2-3-8-18(16)22;1-2/h2-3,6,8,17H,4-5,7,9-15H2,1H3,(H,20,23);1-2H3. The summed E-state index contributed by atoms with van der Waals surface area (Å²) >= 11 is 0. The lowest BCUT2D eigenvalue weighted by atomic mass is 9.96. The maximum atomic E-state index is 12.2. The van der Waals surface area contributed by atoms with Crippen LogP contribution in [0.1, 0.15) is 45.1 Å². The lowest BCUT2D eigenvalue weighted by Gasteiger charge is -2.31. The topological polar surface area (TPSA) is 35.6 Å². The van der Waals surface area contributed by atoms with Gasteiger partial charge in [0.2, 0.25) is 5.91 Å². The van der Waals surface area contributed by atoms with Crippen molar-refractivity contribution < 1.29 is 4.79 Å². The highest BCUT2D eigenvalue weighted by atomic mass is 16.1. The number of nitrogens with one attached hydrogen (secondary N) is 1. The van der Waals surface area contributed by atoms with E-state index in [2.05, 4.69) is 46.4 Å². The monoisotopic (exact) mass is 345 g/mol. The quantitative estimate of drug-likeness (QED) is 0.832. The number of carbonyl (C=O) groups is 1. The molecule has 4 heteroatoms. The number of hydrogen-bond acceptors (Lipinski definition) is 3. The smallest absolute Gasteiger partial charge is 0.223 e. The summed E-state index contributed by atoms with van der Waals surface area (Å²) in [5.74, 6) is 0.485. The molecule has 0 aromatic heterocycles. The number of anilines is 1. The second kappa shape index (κ2) is 10.4. The first-order valence-electron chi connectivity index (χ1n) is 10.0. The number of amides is 1. The van der Waals surface area contributed by atoms with E-state index in [9.17, 15) is 4.79 Å². The van der Waals surface area contributed by atoms with Gasteiger partial charge in [-0.15, -0.1) is 0 Å². The minimum absolute atomic E-state index is 0.224. The van der Waals surface area contributed by atoms with Gasteiger partial charge in [0, 0.05) is 31.2 Å². The summed E-state index contributed by atoms with van der Waals surface area (Å²) in [5.41, 5.74) is 2.86. The van der Waals surface area contributed by atoms with E-state index in [-0.39, 0.29) is 11.8 Å². The Morgan fingerprint density at radius 2 is 1.88 bits per heavy atom. The van der Waals surface area contributed by atoms with Crippen molar-refractivity contribution in [2.75, 3.05) is 44.7 Å². The van der Waals surface area contributed by atoms with Gasteiger partial charge >= 0.3 is 0 Å². The molecule has 0 saturated carbocycles. The van der Waals surface area contributed by atoms with Crippen LogP contribution in [-0.2, 0) is 11.2 Å². The van der Waals surface area contributed by atoms with E-state index in [1.165, 1.54) is 24.1 Å². The highest BCUT2D eigenvalue weighted by Gasteiger charge is 2.23. The zero-order valence-corrected chi connectivity index (χ0v) is 16.3. The lowest BCUT2D eigenvalue weighted by Crippen LogP contribution is -2.40. The first-order chi connectivity index (χ1) is 12.2. The summed E-state index contributed by atoms with van der Waals surface area (Å²) < 4.78 is 0.